The third-order valence-corrected chi connectivity index (χ3v) is 2.47. The lowest BCUT2D eigenvalue weighted by atomic mass is 10.2. The van der Waals surface area contributed by atoms with E-state index in [1.54, 1.807) is 0 Å². The number of hydrogen-bond acceptors (Lipinski definition) is 2. The Hall–Kier alpha value is 0.210. The van der Waals surface area contributed by atoms with Gasteiger partial charge >= 0.3 is 0 Å². The summed E-state index contributed by atoms with van der Waals surface area (Å²) in [7, 11) is 2.09. The molecule has 2 atom stereocenters. The summed E-state index contributed by atoms with van der Waals surface area (Å²) in [6, 6.07) is 0. The maximum absolute atomic E-state index is 5.69. The second-order valence-corrected chi connectivity index (χ2v) is 3.98. The molecule has 0 spiro atoms. The second-order valence-electron chi connectivity index (χ2n) is 3.60. The molecule has 2 nitrogen and oxygen atoms in total. The van der Waals surface area contributed by atoms with E-state index in [0.29, 0.717) is 18.1 Å². The maximum Gasteiger partial charge on any atom is 0.0706 e. The van der Waals surface area contributed by atoms with Crippen molar-refractivity contribution in [3.05, 3.63) is 0 Å². The standard InChI is InChI=1S/C9H18ClNO/c1-8-3-4-9(12-8)7-11(2)6-5-10/h8-9H,3-7H2,1-2H3. The fourth-order valence-electron chi connectivity index (χ4n) is 1.60. The predicted molar refractivity (Wildman–Crippen MR) is 51.8 cm³/mol. The highest BCUT2D eigenvalue weighted by atomic mass is 35.5. The van der Waals surface area contributed by atoms with Crippen molar-refractivity contribution >= 4 is 11.6 Å². The number of rotatable bonds is 4. The molecule has 0 aromatic heterocycles. The van der Waals surface area contributed by atoms with Crippen LogP contribution in [0.4, 0.5) is 0 Å². The normalized spacial score (nSPS) is 30.0. The average molecular weight is 192 g/mol. The van der Waals surface area contributed by atoms with E-state index in [2.05, 4.69) is 18.9 Å². The Morgan fingerprint density at radius 3 is 2.75 bits per heavy atom. The van der Waals surface area contributed by atoms with Crippen molar-refractivity contribution in [2.45, 2.75) is 32.0 Å². The number of alkyl halides is 1. The van der Waals surface area contributed by atoms with E-state index >= 15 is 0 Å². The Balaban J connectivity index is 2.14. The first kappa shape index (κ1) is 10.3. The fraction of sp³-hybridized carbons (Fsp3) is 1.00. The zero-order valence-electron chi connectivity index (χ0n) is 7.92. The van der Waals surface area contributed by atoms with Crippen LogP contribution >= 0.6 is 11.6 Å². The molecule has 3 heteroatoms. The van der Waals surface area contributed by atoms with Gasteiger partial charge in [0.2, 0.25) is 0 Å². The Morgan fingerprint density at radius 2 is 2.25 bits per heavy atom. The lowest BCUT2D eigenvalue weighted by Gasteiger charge is -2.19. The lowest BCUT2D eigenvalue weighted by molar-refractivity contribution is 0.0375. The molecule has 1 rings (SSSR count). The van der Waals surface area contributed by atoms with Gasteiger partial charge in [-0.15, -0.1) is 11.6 Å². The highest BCUT2D eigenvalue weighted by molar-refractivity contribution is 6.18. The summed E-state index contributed by atoms with van der Waals surface area (Å²) in [5, 5.41) is 0. The zero-order valence-corrected chi connectivity index (χ0v) is 8.68. The molecule has 1 heterocycles. The van der Waals surface area contributed by atoms with Gasteiger partial charge in [0.15, 0.2) is 0 Å². The molecule has 1 saturated heterocycles. The van der Waals surface area contributed by atoms with Crippen molar-refractivity contribution in [2.24, 2.45) is 0 Å². The van der Waals surface area contributed by atoms with Crippen molar-refractivity contribution in [1.29, 1.82) is 0 Å². The van der Waals surface area contributed by atoms with Gasteiger partial charge in [0, 0.05) is 19.0 Å². The van der Waals surface area contributed by atoms with E-state index in [4.69, 9.17) is 16.3 Å². The molecule has 72 valence electrons. The Morgan fingerprint density at radius 1 is 1.50 bits per heavy atom. The maximum atomic E-state index is 5.69. The van der Waals surface area contributed by atoms with Gasteiger partial charge in [0.25, 0.3) is 0 Å². The first-order chi connectivity index (χ1) is 5.72. The predicted octanol–water partition coefficient (Wildman–Crippen LogP) is 1.72. The van der Waals surface area contributed by atoms with Crippen LogP contribution in [0.3, 0.4) is 0 Å². The van der Waals surface area contributed by atoms with Gasteiger partial charge in [-0.05, 0) is 26.8 Å². The van der Waals surface area contributed by atoms with E-state index in [1.165, 1.54) is 12.8 Å². The molecule has 0 aromatic rings. The summed E-state index contributed by atoms with van der Waals surface area (Å²) in [4.78, 5) is 2.23. The van der Waals surface area contributed by atoms with Gasteiger partial charge in [0.05, 0.1) is 12.2 Å². The minimum atomic E-state index is 0.438. The van der Waals surface area contributed by atoms with Gasteiger partial charge in [-0.2, -0.15) is 0 Å². The van der Waals surface area contributed by atoms with E-state index < -0.39 is 0 Å². The molecule has 2 unspecified atom stereocenters. The van der Waals surface area contributed by atoms with Gasteiger partial charge in [-0.1, -0.05) is 0 Å². The number of hydrogen-bond donors (Lipinski definition) is 0. The average Bonchev–Trinajstić information content (AvgIpc) is 2.36. The summed E-state index contributed by atoms with van der Waals surface area (Å²) in [6.07, 6.45) is 3.31. The summed E-state index contributed by atoms with van der Waals surface area (Å²) < 4.78 is 5.69. The summed E-state index contributed by atoms with van der Waals surface area (Å²) in [5.74, 6) is 0.707. The lowest BCUT2D eigenvalue weighted by Crippen LogP contribution is -2.30. The Kier molecular flexibility index (Phi) is 4.33. The summed E-state index contributed by atoms with van der Waals surface area (Å²) >= 11 is 5.63. The van der Waals surface area contributed by atoms with Crippen LogP contribution in [0.2, 0.25) is 0 Å². The van der Waals surface area contributed by atoms with Gasteiger partial charge in [-0.25, -0.2) is 0 Å². The van der Waals surface area contributed by atoms with Crippen LogP contribution in [-0.4, -0.2) is 43.1 Å². The summed E-state index contributed by atoms with van der Waals surface area (Å²) in [6.45, 7) is 4.12. The highest BCUT2D eigenvalue weighted by Gasteiger charge is 2.22. The largest absolute Gasteiger partial charge is 0.374 e. The topological polar surface area (TPSA) is 12.5 Å². The van der Waals surface area contributed by atoms with Crippen molar-refractivity contribution in [2.75, 3.05) is 26.0 Å². The van der Waals surface area contributed by atoms with Crippen LogP contribution in [0.5, 0.6) is 0 Å². The zero-order chi connectivity index (χ0) is 8.97. The van der Waals surface area contributed by atoms with Gasteiger partial charge in [0.1, 0.15) is 0 Å². The molecule has 1 fully saturated rings. The van der Waals surface area contributed by atoms with Crippen molar-refractivity contribution in [3.8, 4) is 0 Å². The van der Waals surface area contributed by atoms with Crippen LogP contribution in [0.15, 0.2) is 0 Å². The molecule has 1 aliphatic heterocycles. The molecule has 0 aromatic carbocycles. The van der Waals surface area contributed by atoms with Crippen LogP contribution in [0, 0.1) is 0 Å². The highest BCUT2D eigenvalue weighted by Crippen LogP contribution is 2.19. The third-order valence-electron chi connectivity index (χ3n) is 2.30. The smallest absolute Gasteiger partial charge is 0.0706 e. The number of ether oxygens (including phenoxy) is 1. The van der Waals surface area contributed by atoms with Crippen LogP contribution in [0.25, 0.3) is 0 Å². The van der Waals surface area contributed by atoms with Crippen LogP contribution in [-0.2, 0) is 4.74 Å². The molecule has 0 amide bonds. The third kappa shape index (κ3) is 3.30. The molecule has 0 saturated carbocycles. The van der Waals surface area contributed by atoms with E-state index in [9.17, 15) is 0 Å². The van der Waals surface area contributed by atoms with Gasteiger partial charge < -0.3 is 9.64 Å². The molecule has 0 aliphatic carbocycles. The number of nitrogens with zero attached hydrogens (tertiary/aromatic N) is 1. The molecule has 0 bridgehead atoms. The van der Waals surface area contributed by atoms with Crippen LogP contribution in [0.1, 0.15) is 19.8 Å². The molecule has 12 heavy (non-hydrogen) atoms. The summed E-state index contributed by atoms with van der Waals surface area (Å²) in [5.41, 5.74) is 0. The molecule has 1 aliphatic rings. The monoisotopic (exact) mass is 191 g/mol. The Labute approximate surface area is 79.8 Å². The quantitative estimate of drug-likeness (QED) is 0.628. The second kappa shape index (κ2) is 5.05. The molecular formula is C9H18ClNO. The van der Waals surface area contributed by atoms with Crippen molar-refractivity contribution in [3.63, 3.8) is 0 Å². The molecule has 0 N–H and O–H groups in total. The molecule has 0 radical (unpaired) electrons. The van der Waals surface area contributed by atoms with E-state index in [0.717, 1.165) is 13.1 Å². The minimum absolute atomic E-state index is 0.438. The fourth-order valence-corrected chi connectivity index (χ4v) is 1.89. The van der Waals surface area contributed by atoms with Crippen molar-refractivity contribution in [1.82, 2.24) is 4.90 Å². The SMILES string of the molecule is CC1CCC(CN(C)CCCl)O1. The Bertz CT molecular complexity index is 132. The van der Waals surface area contributed by atoms with Gasteiger partial charge in [-0.3, -0.25) is 0 Å². The number of halogens is 1. The molecular weight excluding hydrogens is 174 g/mol. The minimum Gasteiger partial charge on any atom is -0.374 e. The first-order valence-electron chi connectivity index (χ1n) is 4.62. The first-order valence-corrected chi connectivity index (χ1v) is 5.15. The number of likely N-dealkylation sites (N-methyl/N-ethyl adjacent to an activating group) is 1. The van der Waals surface area contributed by atoms with E-state index in [1.807, 2.05) is 0 Å². The van der Waals surface area contributed by atoms with E-state index in [-0.39, 0.29) is 0 Å². The van der Waals surface area contributed by atoms with Crippen molar-refractivity contribution < 1.29 is 4.74 Å². The van der Waals surface area contributed by atoms with Crippen LogP contribution < -0.4 is 0 Å².